The van der Waals surface area contributed by atoms with Crippen LogP contribution in [0.5, 0.6) is 5.75 Å². The number of halogens is 2. The van der Waals surface area contributed by atoms with Gasteiger partial charge in [0.05, 0.1) is 10.0 Å². The number of rotatable bonds is 2. The molecule has 0 aliphatic rings. The predicted molar refractivity (Wildman–Crippen MR) is 52.7 cm³/mol. The summed E-state index contributed by atoms with van der Waals surface area (Å²) in [5.74, 6) is -1.53. The molecule has 0 spiro atoms. The molecule has 0 bridgehead atoms. The monoisotopic (exact) mass is 235 g/mol. The molecular weight excluding hydrogens is 229 g/mol. The van der Waals surface area contributed by atoms with Crippen LogP contribution in [-0.2, 0) is 4.79 Å². The van der Waals surface area contributed by atoms with Crippen LogP contribution in [0.4, 0.5) is 0 Å². The summed E-state index contributed by atoms with van der Waals surface area (Å²) >= 11 is 11.2. The van der Waals surface area contributed by atoms with Crippen LogP contribution in [0.15, 0.2) is 12.1 Å². The van der Waals surface area contributed by atoms with Crippen molar-refractivity contribution < 1.29 is 15.0 Å². The zero-order valence-electron chi connectivity index (χ0n) is 6.87. The maximum atomic E-state index is 10.5. The lowest BCUT2D eigenvalue weighted by Gasteiger charge is -2.10. The maximum Gasteiger partial charge on any atom is 0.325 e. The summed E-state index contributed by atoms with van der Waals surface area (Å²) in [5.41, 5.74) is 5.33. The first-order valence-electron chi connectivity index (χ1n) is 3.59. The zero-order chi connectivity index (χ0) is 10.9. The van der Waals surface area contributed by atoms with Gasteiger partial charge in [0.15, 0.2) is 0 Å². The highest BCUT2D eigenvalue weighted by molar-refractivity contribution is 6.42. The van der Waals surface area contributed by atoms with Gasteiger partial charge >= 0.3 is 5.97 Å². The van der Waals surface area contributed by atoms with E-state index < -0.39 is 12.0 Å². The number of hydrogen-bond donors (Lipinski definition) is 3. The summed E-state index contributed by atoms with van der Waals surface area (Å²) in [5, 5.41) is 18.2. The van der Waals surface area contributed by atoms with Crippen molar-refractivity contribution in [2.24, 2.45) is 5.73 Å². The molecule has 1 unspecified atom stereocenters. The molecule has 0 radical (unpaired) electrons. The number of aromatic hydroxyl groups is 1. The summed E-state index contributed by atoms with van der Waals surface area (Å²) in [4.78, 5) is 10.5. The van der Waals surface area contributed by atoms with Crippen molar-refractivity contribution in [3.63, 3.8) is 0 Å². The Morgan fingerprint density at radius 2 is 1.86 bits per heavy atom. The van der Waals surface area contributed by atoms with E-state index in [1.54, 1.807) is 0 Å². The van der Waals surface area contributed by atoms with E-state index in [1.165, 1.54) is 6.07 Å². The molecule has 0 amide bonds. The SMILES string of the molecule is NC(C(=O)O)c1cc(Cl)c(Cl)cc1O. The molecule has 76 valence electrons. The van der Waals surface area contributed by atoms with Crippen LogP contribution in [0, 0.1) is 0 Å². The van der Waals surface area contributed by atoms with Crippen molar-refractivity contribution in [3.05, 3.63) is 27.7 Å². The smallest absolute Gasteiger partial charge is 0.325 e. The van der Waals surface area contributed by atoms with Crippen LogP contribution in [0.3, 0.4) is 0 Å². The number of carboxylic acid groups (broad SMARTS) is 1. The molecular formula is C8H7Cl2NO3. The molecule has 1 aromatic rings. The van der Waals surface area contributed by atoms with Crippen LogP contribution in [0.2, 0.25) is 10.0 Å². The van der Waals surface area contributed by atoms with E-state index in [9.17, 15) is 9.90 Å². The van der Waals surface area contributed by atoms with Gasteiger partial charge < -0.3 is 15.9 Å². The molecule has 0 heterocycles. The molecule has 0 aliphatic heterocycles. The summed E-state index contributed by atoms with van der Waals surface area (Å²) in [7, 11) is 0. The normalized spacial score (nSPS) is 12.5. The first kappa shape index (κ1) is 11.1. The lowest BCUT2D eigenvalue weighted by atomic mass is 10.1. The van der Waals surface area contributed by atoms with Gasteiger partial charge in [0.2, 0.25) is 0 Å². The molecule has 0 saturated carbocycles. The van der Waals surface area contributed by atoms with E-state index in [2.05, 4.69) is 0 Å². The molecule has 4 N–H and O–H groups in total. The van der Waals surface area contributed by atoms with Crippen LogP contribution in [0.1, 0.15) is 11.6 Å². The highest BCUT2D eigenvalue weighted by Gasteiger charge is 2.19. The molecule has 0 aromatic heterocycles. The van der Waals surface area contributed by atoms with E-state index in [0.29, 0.717) is 0 Å². The Kier molecular flexibility index (Phi) is 3.21. The number of benzene rings is 1. The third-order valence-corrected chi connectivity index (χ3v) is 2.39. The highest BCUT2D eigenvalue weighted by Crippen LogP contribution is 2.32. The molecule has 6 heteroatoms. The summed E-state index contributed by atoms with van der Waals surface area (Å²) < 4.78 is 0. The van der Waals surface area contributed by atoms with Gasteiger partial charge in [-0.2, -0.15) is 0 Å². The summed E-state index contributed by atoms with van der Waals surface area (Å²) in [6, 6.07) is 1.07. The van der Waals surface area contributed by atoms with Crippen LogP contribution in [0.25, 0.3) is 0 Å². The predicted octanol–water partition coefficient (Wildman–Crippen LogP) is 1.78. The van der Waals surface area contributed by atoms with E-state index >= 15 is 0 Å². The van der Waals surface area contributed by atoms with E-state index in [4.69, 9.17) is 34.0 Å². The minimum Gasteiger partial charge on any atom is -0.508 e. The second-order valence-corrected chi connectivity index (χ2v) is 3.46. The largest absolute Gasteiger partial charge is 0.508 e. The van der Waals surface area contributed by atoms with Gasteiger partial charge in [-0.25, -0.2) is 0 Å². The van der Waals surface area contributed by atoms with Gasteiger partial charge in [-0.05, 0) is 6.07 Å². The summed E-state index contributed by atoms with van der Waals surface area (Å²) in [6.07, 6.45) is 0. The van der Waals surface area contributed by atoms with Gasteiger partial charge in [0.1, 0.15) is 11.8 Å². The number of phenolic OH excluding ortho intramolecular Hbond substituents is 1. The van der Waals surface area contributed by atoms with Crippen molar-refractivity contribution in [2.75, 3.05) is 0 Å². The van der Waals surface area contributed by atoms with E-state index in [-0.39, 0.29) is 21.4 Å². The van der Waals surface area contributed by atoms with Gasteiger partial charge in [-0.3, -0.25) is 4.79 Å². The number of hydrogen-bond acceptors (Lipinski definition) is 3. The standard InChI is InChI=1S/C8H7Cl2NO3/c9-4-1-3(7(11)8(13)14)6(12)2-5(4)10/h1-2,7,12H,11H2,(H,13,14). The second-order valence-electron chi connectivity index (χ2n) is 2.64. The Hall–Kier alpha value is -0.970. The fourth-order valence-electron chi connectivity index (χ4n) is 0.934. The number of nitrogens with two attached hydrogens (primary N) is 1. The maximum absolute atomic E-state index is 10.5. The molecule has 4 nitrogen and oxygen atoms in total. The lowest BCUT2D eigenvalue weighted by Crippen LogP contribution is -2.20. The first-order valence-corrected chi connectivity index (χ1v) is 4.35. The van der Waals surface area contributed by atoms with Gasteiger partial charge in [-0.15, -0.1) is 0 Å². The van der Waals surface area contributed by atoms with Crippen molar-refractivity contribution in [1.82, 2.24) is 0 Å². The average Bonchev–Trinajstić information content (AvgIpc) is 2.10. The number of aliphatic carboxylic acids is 1. The van der Waals surface area contributed by atoms with Crippen molar-refractivity contribution >= 4 is 29.2 Å². The fraction of sp³-hybridized carbons (Fsp3) is 0.125. The van der Waals surface area contributed by atoms with Gasteiger partial charge in [-0.1, -0.05) is 23.2 Å². The molecule has 0 saturated heterocycles. The van der Waals surface area contributed by atoms with Crippen molar-refractivity contribution in [3.8, 4) is 5.75 Å². The molecule has 1 rings (SSSR count). The second kappa shape index (κ2) is 4.04. The zero-order valence-corrected chi connectivity index (χ0v) is 8.38. The lowest BCUT2D eigenvalue weighted by molar-refractivity contribution is -0.138. The molecule has 0 fully saturated rings. The number of carbonyl (C=O) groups is 1. The van der Waals surface area contributed by atoms with Crippen LogP contribution >= 0.6 is 23.2 Å². The van der Waals surface area contributed by atoms with Gasteiger partial charge in [0, 0.05) is 11.6 Å². The number of phenols is 1. The topological polar surface area (TPSA) is 83.6 Å². The number of carboxylic acids is 1. The Labute approximate surface area is 89.9 Å². The van der Waals surface area contributed by atoms with Crippen LogP contribution in [-0.4, -0.2) is 16.2 Å². The van der Waals surface area contributed by atoms with Gasteiger partial charge in [0.25, 0.3) is 0 Å². The average molecular weight is 236 g/mol. The molecule has 0 aliphatic carbocycles. The summed E-state index contributed by atoms with van der Waals surface area (Å²) in [6.45, 7) is 0. The molecule has 1 atom stereocenters. The van der Waals surface area contributed by atoms with Crippen molar-refractivity contribution in [1.29, 1.82) is 0 Å². The van der Waals surface area contributed by atoms with E-state index in [1.807, 2.05) is 0 Å². The first-order chi connectivity index (χ1) is 6.43. The third-order valence-electron chi connectivity index (χ3n) is 1.67. The third kappa shape index (κ3) is 2.09. The quantitative estimate of drug-likeness (QED) is 0.730. The van der Waals surface area contributed by atoms with E-state index in [0.717, 1.165) is 6.07 Å². The highest BCUT2D eigenvalue weighted by atomic mass is 35.5. The Morgan fingerprint density at radius 3 is 2.36 bits per heavy atom. The minimum absolute atomic E-state index is 0.0342. The Balaban J connectivity index is 3.22. The molecule has 1 aromatic carbocycles. The molecule has 14 heavy (non-hydrogen) atoms. The Morgan fingerprint density at radius 1 is 1.36 bits per heavy atom. The minimum atomic E-state index is -1.32. The van der Waals surface area contributed by atoms with Crippen LogP contribution < -0.4 is 5.73 Å². The fourth-order valence-corrected chi connectivity index (χ4v) is 1.26. The van der Waals surface area contributed by atoms with Crippen molar-refractivity contribution in [2.45, 2.75) is 6.04 Å². The Bertz CT molecular complexity index is 381.